The summed E-state index contributed by atoms with van der Waals surface area (Å²) in [4.78, 5) is 12.0. The number of hydrogen-bond donors (Lipinski definition) is 1. The first-order valence-corrected chi connectivity index (χ1v) is 7.24. The third-order valence-corrected chi connectivity index (χ3v) is 4.00. The summed E-state index contributed by atoms with van der Waals surface area (Å²) in [6.07, 6.45) is 6.21. The van der Waals surface area contributed by atoms with Crippen LogP contribution in [-0.4, -0.2) is 11.8 Å². The third-order valence-electron chi connectivity index (χ3n) is 4.00. The van der Waals surface area contributed by atoms with E-state index in [-0.39, 0.29) is 6.84 Å². The zero-order valence-corrected chi connectivity index (χ0v) is 12.4. The zero-order chi connectivity index (χ0) is 13.5. The van der Waals surface area contributed by atoms with E-state index in [9.17, 15) is 4.79 Å². The Morgan fingerprint density at radius 2 is 1.71 bits per heavy atom. The van der Waals surface area contributed by atoms with Gasteiger partial charge in [-0.15, -0.1) is 0 Å². The lowest BCUT2D eigenvalue weighted by molar-refractivity contribution is -0.128. The van der Waals surface area contributed by atoms with Crippen LogP contribution < -0.4 is 5.73 Å². The van der Waals surface area contributed by atoms with Gasteiger partial charge in [-0.3, -0.25) is 4.79 Å². The van der Waals surface area contributed by atoms with Crippen molar-refractivity contribution in [3.05, 3.63) is 0 Å². The maximum atomic E-state index is 12.0. The molecule has 17 heavy (non-hydrogen) atoms. The summed E-state index contributed by atoms with van der Waals surface area (Å²) in [6, 6.07) is 0.385. The predicted molar refractivity (Wildman–Crippen MR) is 77.1 cm³/mol. The van der Waals surface area contributed by atoms with Crippen LogP contribution in [0.1, 0.15) is 74.6 Å². The molecule has 0 heterocycles. The van der Waals surface area contributed by atoms with Crippen LogP contribution in [0.3, 0.4) is 0 Å². The van der Waals surface area contributed by atoms with Gasteiger partial charge in [-0.2, -0.15) is 0 Å². The topological polar surface area (TPSA) is 43.1 Å². The normalized spacial score (nSPS) is 24.8. The molecule has 1 saturated carbocycles. The zero-order valence-electron chi connectivity index (χ0n) is 12.4. The van der Waals surface area contributed by atoms with Gasteiger partial charge in [-0.25, -0.2) is 0 Å². The van der Waals surface area contributed by atoms with E-state index in [4.69, 9.17) is 5.73 Å². The van der Waals surface area contributed by atoms with Gasteiger partial charge in [0.05, 0.1) is 0 Å². The van der Waals surface area contributed by atoms with Crippen molar-refractivity contribution in [1.82, 2.24) is 0 Å². The molecule has 0 bridgehead atoms. The minimum absolute atomic E-state index is 0. The highest BCUT2D eigenvalue weighted by Crippen LogP contribution is 2.31. The number of hydrogen-bond acceptors (Lipinski definition) is 2. The summed E-state index contributed by atoms with van der Waals surface area (Å²) in [7, 11) is 0. The largest absolute Gasteiger partial charge is 0.328 e. The van der Waals surface area contributed by atoms with E-state index in [0.717, 1.165) is 38.5 Å². The van der Waals surface area contributed by atoms with Gasteiger partial charge in [0.1, 0.15) is 5.78 Å². The maximum absolute atomic E-state index is 12.0. The first-order chi connectivity index (χ1) is 7.95. The molecule has 0 aromatic carbocycles. The Balaban J connectivity index is 0. The van der Waals surface area contributed by atoms with Gasteiger partial charge in [-0.05, 0) is 38.0 Å². The average Bonchev–Trinajstić information content (AvgIpc) is 2.34. The van der Waals surface area contributed by atoms with Crippen LogP contribution in [0.2, 0.25) is 0 Å². The van der Waals surface area contributed by atoms with E-state index in [0.29, 0.717) is 17.7 Å². The Kier molecular flexibility index (Phi) is 7.69. The van der Waals surface area contributed by atoms with Crippen molar-refractivity contribution >= 4 is 5.78 Å². The van der Waals surface area contributed by atoms with Crippen molar-refractivity contribution in [3.63, 3.8) is 0 Å². The molecule has 0 aliphatic heterocycles. The Hall–Kier alpha value is -0.370. The van der Waals surface area contributed by atoms with Crippen LogP contribution in [-0.2, 0) is 4.79 Å². The monoisotopic (exact) mass is 243 g/mol. The number of ketones is 1. The molecule has 1 rings (SSSR count). The predicted octanol–water partition coefficient (Wildman–Crippen LogP) is 4.17. The van der Waals surface area contributed by atoms with E-state index in [1.165, 1.54) is 0 Å². The standard InChI is InChI=1S/C13H25NO.C2H6.H2/c1-4-13(2,3)12(15)9-10-5-7-11(14)8-6-10;1-2;/h10-11H,4-9,14H2,1-3H3;1-2H3;1H. The summed E-state index contributed by atoms with van der Waals surface area (Å²) in [5.74, 6) is 1.04. The minimum Gasteiger partial charge on any atom is -0.328 e. The van der Waals surface area contributed by atoms with Crippen LogP contribution in [0, 0.1) is 11.3 Å². The maximum Gasteiger partial charge on any atom is 0.138 e. The molecule has 2 heteroatoms. The van der Waals surface area contributed by atoms with E-state index in [1.807, 2.05) is 13.8 Å². The molecule has 0 atom stereocenters. The lowest BCUT2D eigenvalue weighted by Gasteiger charge is -2.29. The quantitative estimate of drug-likeness (QED) is 0.805. The van der Waals surface area contributed by atoms with Crippen LogP contribution in [0.25, 0.3) is 0 Å². The van der Waals surface area contributed by atoms with E-state index in [2.05, 4.69) is 20.8 Å². The number of Topliss-reactive ketones (excluding diaryl/α,β-unsaturated/α-hetero) is 1. The molecule has 0 aromatic heterocycles. The average molecular weight is 243 g/mol. The van der Waals surface area contributed by atoms with E-state index >= 15 is 0 Å². The molecule has 0 radical (unpaired) electrons. The fraction of sp³-hybridized carbons (Fsp3) is 0.933. The molecule has 104 valence electrons. The van der Waals surface area contributed by atoms with Crippen molar-refractivity contribution in [3.8, 4) is 0 Å². The van der Waals surface area contributed by atoms with Gasteiger partial charge in [0.25, 0.3) is 0 Å². The molecule has 1 fully saturated rings. The highest BCUT2D eigenvalue weighted by molar-refractivity contribution is 5.84. The molecule has 0 saturated heterocycles. The summed E-state index contributed by atoms with van der Waals surface area (Å²) < 4.78 is 0. The van der Waals surface area contributed by atoms with Crippen LogP contribution in [0.15, 0.2) is 0 Å². The molecule has 0 aromatic rings. The second kappa shape index (κ2) is 7.86. The second-order valence-electron chi connectivity index (χ2n) is 5.65. The van der Waals surface area contributed by atoms with Crippen LogP contribution in [0.4, 0.5) is 0 Å². The summed E-state index contributed by atoms with van der Waals surface area (Å²) in [5.41, 5.74) is 5.73. The van der Waals surface area contributed by atoms with Gasteiger partial charge >= 0.3 is 0 Å². The molecule has 0 spiro atoms. The van der Waals surface area contributed by atoms with Crippen molar-refractivity contribution in [2.45, 2.75) is 79.2 Å². The van der Waals surface area contributed by atoms with Gasteiger partial charge < -0.3 is 5.73 Å². The smallest absolute Gasteiger partial charge is 0.138 e. The molecule has 1 aliphatic carbocycles. The summed E-state index contributed by atoms with van der Waals surface area (Å²) in [5, 5.41) is 0. The molecule has 0 amide bonds. The van der Waals surface area contributed by atoms with Crippen molar-refractivity contribution < 1.29 is 6.22 Å². The molecule has 1 aliphatic rings. The molecule has 0 unspecified atom stereocenters. The van der Waals surface area contributed by atoms with Gasteiger partial charge in [0.15, 0.2) is 0 Å². The Morgan fingerprint density at radius 3 is 2.12 bits per heavy atom. The van der Waals surface area contributed by atoms with Gasteiger partial charge in [0.2, 0.25) is 0 Å². The van der Waals surface area contributed by atoms with E-state index < -0.39 is 0 Å². The molecule has 2 N–H and O–H groups in total. The Morgan fingerprint density at radius 1 is 1.24 bits per heavy atom. The van der Waals surface area contributed by atoms with Crippen molar-refractivity contribution in [2.24, 2.45) is 17.1 Å². The first-order valence-electron chi connectivity index (χ1n) is 7.24. The lowest BCUT2D eigenvalue weighted by Crippen LogP contribution is -2.30. The van der Waals surface area contributed by atoms with Crippen molar-refractivity contribution in [1.29, 1.82) is 0 Å². The van der Waals surface area contributed by atoms with Crippen LogP contribution in [0.5, 0.6) is 0 Å². The summed E-state index contributed by atoms with van der Waals surface area (Å²) >= 11 is 0. The minimum atomic E-state index is -0.125. The Labute approximate surface area is 109 Å². The fourth-order valence-electron chi connectivity index (χ4n) is 2.13. The number of carbonyl (C=O) groups excluding carboxylic acids is 1. The number of rotatable bonds is 4. The Bertz CT molecular complexity index is 221. The number of nitrogens with two attached hydrogens (primary N) is 1. The van der Waals surface area contributed by atoms with E-state index in [1.54, 1.807) is 0 Å². The molecule has 2 nitrogen and oxygen atoms in total. The fourth-order valence-corrected chi connectivity index (χ4v) is 2.13. The van der Waals surface area contributed by atoms with Gasteiger partial charge in [0, 0.05) is 19.3 Å². The SMILES string of the molecule is CC.CCC(C)(C)C(=O)CC1CCC(N)CC1.[HH]. The first kappa shape index (κ1) is 16.6. The number of carbonyl (C=O) groups is 1. The highest BCUT2D eigenvalue weighted by atomic mass is 16.1. The lowest BCUT2D eigenvalue weighted by atomic mass is 9.77. The van der Waals surface area contributed by atoms with Crippen molar-refractivity contribution in [2.75, 3.05) is 0 Å². The highest BCUT2D eigenvalue weighted by Gasteiger charge is 2.29. The molecular weight excluding hydrogens is 210 g/mol. The summed E-state index contributed by atoms with van der Waals surface area (Å²) in [6.45, 7) is 10.2. The molecular formula is C15H33NO. The van der Waals surface area contributed by atoms with Crippen LogP contribution >= 0.6 is 0 Å². The third kappa shape index (κ3) is 5.67. The second-order valence-corrected chi connectivity index (χ2v) is 5.65. The van der Waals surface area contributed by atoms with Gasteiger partial charge in [-0.1, -0.05) is 34.6 Å².